The highest BCUT2D eigenvalue weighted by Crippen LogP contribution is 2.30. The second-order valence-corrected chi connectivity index (χ2v) is 5.01. The number of fused-ring (bicyclic) bond motifs is 1. The minimum Gasteiger partial charge on any atom is -0.291 e. The minimum absolute atomic E-state index is 0.0562. The molecule has 0 saturated heterocycles. The number of benzene rings is 1. The Morgan fingerprint density at radius 1 is 1.24 bits per heavy atom. The molecule has 0 aliphatic rings. The van der Waals surface area contributed by atoms with Crippen molar-refractivity contribution in [1.29, 1.82) is 0 Å². The minimum atomic E-state index is -0.669. The molecule has 21 heavy (non-hydrogen) atoms. The number of aromatic nitrogens is 4. The summed E-state index contributed by atoms with van der Waals surface area (Å²) in [6.45, 7) is 0. The molecule has 0 aliphatic carbocycles. The van der Waals surface area contributed by atoms with Crippen LogP contribution < -0.4 is 11.2 Å². The van der Waals surface area contributed by atoms with E-state index in [9.17, 15) is 19.7 Å². The molecule has 106 valence electrons. The zero-order valence-electron chi connectivity index (χ0n) is 10.3. The third-order valence-electron chi connectivity index (χ3n) is 2.67. The Kier molecular flexibility index (Phi) is 3.06. The molecule has 0 amide bonds. The van der Waals surface area contributed by atoms with Crippen molar-refractivity contribution in [3.05, 3.63) is 61.5 Å². The SMILES string of the molecule is O=c1[nH]c(=O)c2ncn(Sc3ccccc3[N+](=O)[O-])c2[nH]1. The molecule has 3 aromatic rings. The van der Waals surface area contributed by atoms with Gasteiger partial charge in [-0.25, -0.2) is 9.78 Å². The molecular formula is C11H7N5O4S. The average Bonchev–Trinajstić information content (AvgIpc) is 2.82. The Bertz CT molecular complexity index is 957. The molecule has 0 spiro atoms. The summed E-state index contributed by atoms with van der Waals surface area (Å²) >= 11 is 0.986. The van der Waals surface area contributed by atoms with E-state index in [-0.39, 0.29) is 16.9 Å². The first kappa shape index (κ1) is 13.1. The van der Waals surface area contributed by atoms with Crippen molar-refractivity contribution in [1.82, 2.24) is 18.9 Å². The molecule has 0 fully saturated rings. The van der Waals surface area contributed by atoms with Crippen molar-refractivity contribution in [3.8, 4) is 0 Å². The van der Waals surface area contributed by atoms with Crippen LogP contribution in [0.25, 0.3) is 11.2 Å². The van der Waals surface area contributed by atoms with Crippen molar-refractivity contribution < 1.29 is 4.92 Å². The van der Waals surface area contributed by atoms with Gasteiger partial charge in [0.2, 0.25) is 0 Å². The lowest BCUT2D eigenvalue weighted by Crippen LogP contribution is -2.22. The molecule has 2 aromatic heterocycles. The number of hydrogen-bond acceptors (Lipinski definition) is 6. The summed E-state index contributed by atoms with van der Waals surface area (Å²) in [4.78, 5) is 42.1. The zero-order chi connectivity index (χ0) is 15.0. The predicted molar refractivity (Wildman–Crippen MR) is 75.3 cm³/mol. The number of nitrogens with one attached hydrogen (secondary N) is 2. The number of rotatable bonds is 3. The maximum Gasteiger partial charge on any atom is 0.327 e. The second-order valence-electron chi connectivity index (χ2n) is 3.99. The molecule has 0 saturated carbocycles. The molecule has 10 heteroatoms. The van der Waals surface area contributed by atoms with E-state index in [4.69, 9.17) is 0 Å². The lowest BCUT2D eigenvalue weighted by Gasteiger charge is -2.03. The van der Waals surface area contributed by atoms with Crippen LogP contribution in [-0.4, -0.2) is 23.8 Å². The van der Waals surface area contributed by atoms with Crippen molar-refractivity contribution in [2.24, 2.45) is 0 Å². The molecule has 0 atom stereocenters. The molecule has 9 nitrogen and oxygen atoms in total. The van der Waals surface area contributed by atoms with E-state index in [1.807, 2.05) is 0 Å². The van der Waals surface area contributed by atoms with Crippen LogP contribution in [0.4, 0.5) is 5.69 Å². The quantitative estimate of drug-likeness (QED) is 0.546. The lowest BCUT2D eigenvalue weighted by molar-refractivity contribution is -0.387. The molecule has 1 aromatic carbocycles. The van der Waals surface area contributed by atoms with Gasteiger partial charge in [0.1, 0.15) is 11.2 Å². The van der Waals surface area contributed by atoms with Crippen LogP contribution in [0.3, 0.4) is 0 Å². The average molecular weight is 305 g/mol. The Morgan fingerprint density at radius 3 is 2.76 bits per heavy atom. The van der Waals surface area contributed by atoms with E-state index in [2.05, 4.69) is 15.0 Å². The Morgan fingerprint density at radius 2 is 2.00 bits per heavy atom. The highest BCUT2D eigenvalue weighted by molar-refractivity contribution is 7.98. The highest BCUT2D eigenvalue weighted by atomic mass is 32.2. The molecule has 0 bridgehead atoms. The van der Waals surface area contributed by atoms with E-state index in [0.29, 0.717) is 4.90 Å². The van der Waals surface area contributed by atoms with Crippen molar-refractivity contribution >= 4 is 28.8 Å². The monoisotopic (exact) mass is 305 g/mol. The van der Waals surface area contributed by atoms with Crippen molar-refractivity contribution in [3.63, 3.8) is 0 Å². The van der Waals surface area contributed by atoms with Gasteiger partial charge in [0.05, 0.1) is 4.92 Å². The number of nitro groups is 1. The second kappa shape index (κ2) is 4.90. The Labute approximate surface area is 119 Å². The van der Waals surface area contributed by atoms with Gasteiger partial charge in [-0.3, -0.25) is 28.8 Å². The molecular weight excluding hydrogens is 298 g/mol. The normalized spacial score (nSPS) is 10.9. The molecule has 0 unspecified atom stereocenters. The molecule has 0 radical (unpaired) electrons. The fraction of sp³-hybridized carbons (Fsp3) is 0. The molecule has 3 rings (SSSR count). The standard InChI is InChI=1S/C11H7N5O4S/c17-10-8-9(13-11(18)14-10)15(5-12-8)21-7-4-2-1-3-6(7)16(19)20/h1-5H,(H2,13,14,17,18). The first-order chi connectivity index (χ1) is 10.1. The van der Waals surface area contributed by atoms with E-state index in [0.717, 1.165) is 11.9 Å². The number of nitro benzene ring substituents is 1. The van der Waals surface area contributed by atoms with Gasteiger partial charge < -0.3 is 0 Å². The summed E-state index contributed by atoms with van der Waals surface area (Å²) in [5, 5.41) is 11.0. The van der Waals surface area contributed by atoms with Gasteiger partial charge in [-0.1, -0.05) is 12.1 Å². The summed E-state index contributed by atoms with van der Waals surface area (Å²) in [5.74, 6) is 0. The van der Waals surface area contributed by atoms with Crippen LogP contribution in [0.15, 0.2) is 45.1 Å². The van der Waals surface area contributed by atoms with Gasteiger partial charge in [0.15, 0.2) is 11.2 Å². The topological polar surface area (TPSA) is 127 Å². The van der Waals surface area contributed by atoms with Gasteiger partial charge in [-0.05, 0) is 6.07 Å². The van der Waals surface area contributed by atoms with E-state index in [1.54, 1.807) is 18.2 Å². The summed E-state index contributed by atoms with van der Waals surface area (Å²) < 4.78 is 1.40. The van der Waals surface area contributed by atoms with Gasteiger partial charge in [0, 0.05) is 18.0 Å². The van der Waals surface area contributed by atoms with E-state index in [1.165, 1.54) is 16.4 Å². The van der Waals surface area contributed by atoms with Gasteiger partial charge in [-0.15, -0.1) is 0 Å². The fourth-order valence-electron chi connectivity index (χ4n) is 1.78. The van der Waals surface area contributed by atoms with Crippen molar-refractivity contribution in [2.45, 2.75) is 4.90 Å². The maximum absolute atomic E-state index is 11.6. The molecule has 2 N–H and O–H groups in total. The zero-order valence-corrected chi connectivity index (χ0v) is 11.1. The molecule has 0 aliphatic heterocycles. The fourth-order valence-corrected chi connectivity index (χ4v) is 2.68. The van der Waals surface area contributed by atoms with E-state index >= 15 is 0 Å². The predicted octanol–water partition coefficient (Wildman–Crippen LogP) is 0.876. The van der Waals surface area contributed by atoms with Crippen LogP contribution in [0, 0.1) is 10.1 Å². The molecule has 2 heterocycles. The number of nitrogens with zero attached hydrogens (tertiary/aromatic N) is 3. The summed E-state index contributed by atoms with van der Waals surface area (Å²) in [6, 6.07) is 6.15. The number of hydrogen-bond donors (Lipinski definition) is 2. The van der Waals surface area contributed by atoms with Crippen LogP contribution in [0.2, 0.25) is 0 Å². The lowest BCUT2D eigenvalue weighted by atomic mass is 10.3. The number of imidazole rings is 1. The van der Waals surface area contributed by atoms with Gasteiger partial charge >= 0.3 is 5.69 Å². The van der Waals surface area contributed by atoms with E-state index < -0.39 is 16.2 Å². The third-order valence-corrected chi connectivity index (χ3v) is 3.68. The highest BCUT2D eigenvalue weighted by Gasteiger charge is 2.16. The summed E-state index contributed by atoms with van der Waals surface area (Å²) in [6.07, 6.45) is 1.32. The smallest absolute Gasteiger partial charge is 0.291 e. The third kappa shape index (κ3) is 2.31. The summed E-state index contributed by atoms with van der Waals surface area (Å²) in [7, 11) is 0. The number of H-pyrrole nitrogens is 2. The van der Waals surface area contributed by atoms with Gasteiger partial charge in [-0.2, -0.15) is 0 Å². The largest absolute Gasteiger partial charge is 0.327 e. The first-order valence-electron chi connectivity index (χ1n) is 5.67. The Balaban J connectivity index is 2.13. The van der Waals surface area contributed by atoms with Crippen LogP contribution >= 0.6 is 11.9 Å². The van der Waals surface area contributed by atoms with Gasteiger partial charge in [0.25, 0.3) is 11.2 Å². The number of aromatic amines is 2. The number of para-hydroxylation sites is 1. The Hall–Kier alpha value is -2.88. The first-order valence-corrected chi connectivity index (χ1v) is 6.45. The van der Waals surface area contributed by atoms with Crippen LogP contribution in [0.1, 0.15) is 0 Å². The van der Waals surface area contributed by atoms with Crippen molar-refractivity contribution in [2.75, 3.05) is 0 Å². The summed E-state index contributed by atoms with van der Waals surface area (Å²) in [5.41, 5.74) is -1.11. The maximum atomic E-state index is 11.6. The van der Waals surface area contributed by atoms with Crippen LogP contribution in [-0.2, 0) is 0 Å². The van der Waals surface area contributed by atoms with Crippen LogP contribution in [0.5, 0.6) is 0 Å².